The lowest BCUT2D eigenvalue weighted by atomic mass is 10.1. The van der Waals surface area contributed by atoms with Crippen LogP contribution in [0.1, 0.15) is 12.5 Å². The number of piperazine rings is 1. The molecule has 1 aromatic rings. The number of ether oxygens (including phenoxy) is 1. The minimum Gasteiger partial charge on any atom is -0.504 e. The van der Waals surface area contributed by atoms with Crippen molar-refractivity contribution >= 4 is 5.97 Å². The van der Waals surface area contributed by atoms with Gasteiger partial charge in [0.25, 0.3) is 0 Å². The Hall–Kier alpha value is -1.79. The number of phenols is 1. The maximum Gasteiger partial charge on any atom is 0.320 e. The molecule has 1 aliphatic heterocycles. The van der Waals surface area contributed by atoms with Gasteiger partial charge < -0.3 is 14.9 Å². The molecule has 116 valence electrons. The minimum atomic E-state index is -0.775. The molecule has 1 atom stereocenters. The van der Waals surface area contributed by atoms with Gasteiger partial charge in [-0.05, 0) is 24.6 Å². The Morgan fingerprint density at radius 3 is 2.52 bits per heavy atom. The van der Waals surface area contributed by atoms with Gasteiger partial charge in [-0.15, -0.1) is 0 Å². The normalized spacial score (nSPS) is 18.4. The van der Waals surface area contributed by atoms with Crippen molar-refractivity contribution in [1.82, 2.24) is 9.80 Å². The number of carboxylic acids is 1. The van der Waals surface area contributed by atoms with Gasteiger partial charge in [0.15, 0.2) is 11.5 Å². The van der Waals surface area contributed by atoms with Crippen molar-refractivity contribution in [3.05, 3.63) is 23.8 Å². The number of rotatable bonds is 5. The van der Waals surface area contributed by atoms with Crippen LogP contribution in [0.4, 0.5) is 0 Å². The first-order chi connectivity index (χ1) is 10.0. The molecule has 2 rings (SSSR count). The maximum atomic E-state index is 11.0. The predicted octanol–water partition coefficient (Wildman–Crippen LogP) is 0.992. The van der Waals surface area contributed by atoms with Crippen molar-refractivity contribution in [3.63, 3.8) is 0 Å². The van der Waals surface area contributed by atoms with Crippen molar-refractivity contribution in [3.8, 4) is 11.5 Å². The number of carbonyl (C=O) groups is 1. The maximum absolute atomic E-state index is 11.0. The Balaban J connectivity index is 1.89. The summed E-state index contributed by atoms with van der Waals surface area (Å²) in [7, 11) is 1.53. The lowest BCUT2D eigenvalue weighted by Crippen LogP contribution is -2.51. The van der Waals surface area contributed by atoms with Crippen LogP contribution in [-0.2, 0) is 11.3 Å². The van der Waals surface area contributed by atoms with Crippen LogP contribution in [0.2, 0.25) is 0 Å². The van der Waals surface area contributed by atoms with Gasteiger partial charge in [0.1, 0.15) is 6.04 Å². The van der Waals surface area contributed by atoms with Crippen LogP contribution in [-0.4, -0.2) is 65.3 Å². The SMILES string of the molecule is COc1ccc(CN2CCN(C(C)C(=O)O)CC2)cc1O. The molecule has 0 bridgehead atoms. The third-order valence-electron chi connectivity index (χ3n) is 3.96. The Bertz CT molecular complexity index is 498. The van der Waals surface area contributed by atoms with Crippen LogP contribution in [0.15, 0.2) is 18.2 Å². The largest absolute Gasteiger partial charge is 0.504 e. The number of aliphatic carboxylic acids is 1. The summed E-state index contributed by atoms with van der Waals surface area (Å²) in [5.74, 6) is -0.157. The van der Waals surface area contributed by atoms with Crippen molar-refractivity contribution in [1.29, 1.82) is 0 Å². The molecule has 1 unspecified atom stereocenters. The molecule has 0 radical (unpaired) electrons. The first-order valence-electron chi connectivity index (χ1n) is 7.06. The Morgan fingerprint density at radius 2 is 2.00 bits per heavy atom. The van der Waals surface area contributed by atoms with E-state index >= 15 is 0 Å². The summed E-state index contributed by atoms with van der Waals surface area (Å²) in [6, 6.07) is 4.97. The zero-order valence-corrected chi connectivity index (χ0v) is 12.5. The summed E-state index contributed by atoms with van der Waals surface area (Å²) in [6.07, 6.45) is 0. The first-order valence-corrected chi connectivity index (χ1v) is 7.06. The molecular weight excluding hydrogens is 272 g/mol. The van der Waals surface area contributed by atoms with Gasteiger partial charge in [0.05, 0.1) is 7.11 Å². The number of methoxy groups -OCH3 is 1. The number of benzene rings is 1. The van der Waals surface area contributed by atoms with Crippen LogP contribution in [0.5, 0.6) is 11.5 Å². The predicted molar refractivity (Wildman–Crippen MR) is 78.6 cm³/mol. The number of phenolic OH excluding ortho intramolecular Hbond substituents is 1. The second kappa shape index (κ2) is 6.78. The summed E-state index contributed by atoms with van der Waals surface area (Å²) in [4.78, 5) is 15.2. The van der Waals surface area contributed by atoms with Crippen molar-refractivity contribution in [2.75, 3.05) is 33.3 Å². The smallest absolute Gasteiger partial charge is 0.320 e. The average Bonchev–Trinajstić information content (AvgIpc) is 2.47. The molecule has 1 heterocycles. The molecular formula is C15H22N2O4. The van der Waals surface area contributed by atoms with Crippen LogP contribution in [0, 0.1) is 0 Å². The van der Waals surface area contributed by atoms with E-state index in [1.807, 2.05) is 11.0 Å². The van der Waals surface area contributed by atoms with Crippen molar-refractivity contribution < 1.29 is 19.7 Å². The molecule has 0 spiro atoms. The van der Waals surface area contributed by atoms with Gasteiger partial charge in [-0.25, -0.2) is 0 Å². The summed E-state index contributed by atoms with van der Waals surface area (Å²) >= 11 is 0. The van der Waals surface area contributed by atoms with E-state index in [0.717, 1.165) is 38.3 Å². The van der Waals surface area contributed by atoms with Crippen LogP contribution < -0.4 is 4.74 Å². The monoisotopic (exact) mass is 294 g/mol. The summed E-state index contributed by atoms with van der Waals surface area (Å²) in [5, 5.41) is 18.8. The molecule has 1 fully saturated rings. The van der Waals surface area contributed by atoms with E-state index in [1.165, 1.54) is 7.11 Å². The molecule has 2 N–H and O–H groups in total. The fourth-order valence-electron chi connectivity index (χ4n) is 2.56. The van der Waals surface area contributed by atoms with Gasteiger partial charge >= 0.3 is 5.97 Å². The van der Waals surface area contributed by atoms with Crippen LogP contribution in [0.3, 0.4) is 0 Å². The van der Waals surface area contributed by atoms with E-state index in [0.29, 0.717) is 5.75 Å². The van der Waals surface area contributed by atoms with Crippen LogP contribution >= 0.6 is 0 Å². The fraction of sp³-hybridized carbons (Fsp3) is 0.533. The minimum absolute atomic E-state index is 0.146. The van der Waals surface area contributed by atoms with Gasteiger partial charge in [-0.1, -0.05) is 6.07 Å². The molecule has 21 heavy (non-hydrogen) atoms. The Kier molecular flexibility index (Phi) is 5.03. The van der Waals surface area contributed by atoms with Crippen LogP contribution in [0.25, 0.3) is 0 Å². The van der Waals surface area contributed by atoms with Gasteiger partial charge in [0, 0.05) is 32.7 Å². The lowest BCUT2D eigenvalue weighted by Gasteiger charge is -2.36. The number of aromatic hydroxyl groups is 1. The summed E-state index contributed by atoms with van der Waals surface area (Å²) in [6.45, 7) is 5.60. The Morgan fingerprint density at radius 1 is 1.33 bits per heavy atom. The van der Waals surface area contributed by atoms with E-state index < -0.39 is 12.0 Å². The Labute approximate surface area is 124 Å². The number of carboxylic acid groups (broad SMARTS) is 1. The molecule has 1 aliphatic rings. The van der Waals surface area contributed by atoms with Gasteiger partial charge in [0.2, 0.25) is 0 Å². The van der Waals surface area contributed by atoms with E-state index in [1.54, 1.807) is 19.1 Å². The molecule has 6 nitrogen and oxygen atoms in total. The van der Waals surface area contributed by atoms with E-state index in [4.69, 9.17) is 9.84 Å². The summed E-state index contributed by atoms with van der Waals surface area (Å²) in [5.41, 5.74) is 1.02. The van der Waals surface area contributed by atoms with E-state index in [9.17, 15) is 9.90 Å². The highest BCUT2D eigenvalue weighted by molar-refractivity contribution is 5.72. The molecule has 0 saturated carbocycles. The number of hydrogen-bond donors (Lipinski definition) is 2. The molecule has 0 aliphatic carbocycles. The molecule has 0 aromatic heterocycles. The fourth-order valence-corrected chi connectivity index (χ4v) is 2.56. The first kappa shape index (κ1) is 15.6. The number of hydrogen-bond acceptors (Lipinski definition) is 5. The average molecular weight is 294 g/mol. The second-order valence-electron chi connectivity index (χ2n) is 5.33. The van der Waals surface area contributed by atoms with Gasteiger partial charge in [-0.2, -0.15) is 0 Å². The molecule has 1 aromatic carbocycles. The molecule has 0 amide bonds. The highest BCUT2D eigenvalue weighted by Crippen LogP contribution is 2.26. The third-order valence-corrected chi connectivity index (χ3v) is 3.96. The lowest BCUT2D eigenvalue weighted by molar-refractivity contribution is -0.143. The zero-order valence-electron chi connectivity index (χ0n) is 12.5. The topological polar surface area (TPSA) is 73.2 Å². The summed E-state index contributed by atoms with van der Waals surface area (Å²) < 4.78 is 5.03. The van der Waals surface area contributed by atoms with Crippen molar-refractivity contribution in [2.24, 2.45) is 0 Å². The quantitative estimate of drug-likeness (QED) is 0.844. The molecule has 6 heteroatoms. The third kappa shape index (κ3) is 3.86. The zero-order chi connectivity index (χ0) is 15.4. The number of nitrogens with zero attached hydrogens (tertiary/aromatic N) is 2. The second-order valence-corrected chi connectivity index (χ2v) is 5.33. The molecule has 1 saturated heterocycles. The highest BCUT2D eigenvalue weighted by atomic mass is 16.5. The van der Waals surface area contributed by atoms with E-state index in [-0.39, 0.29) is 5.75 Å². The van der Waals surface area contributed by atoms with Crippen molar-refractivity contribution in [2.45, 2.75) is 19.5 Å². The highest BCUT2D eigenvalue weighted by Gasteiger charge is 2.25. The van der Waals surface area contributed by atoms with Gasteiger partial charge in [-0.3, -0.25) is 14.6 Å². The standard InChI is InChI=1S/C15H22N2O4/c1-11(15(19)20)17-7-5-16(6-8-17)10-12-3-4-14(21-2)13(18)9-12/h3-4,9,11,18H,5-8,10H2,1-2H3,(H,19,20). The van der Waals surface area contributed by atoms with E-state index in [2.05, 4.69) is 4.90 Å².